The topological polar surface area (TPSA) is 73.3 Å². The standard InChI is InChI=1S/C14H25N3O4/c1-3-16-6-4-11(5-7-16)15(2)14(20)17-8-9-21-12(10-17)13(18)19/h11-12H,3-10H2,1-2H3,(H,18,19). The maximum absolute atomic E-state index is 12.5. The van der Waals surface area contributed by atoms with Crippen LogP contribution in [-0.2, 0) is 9.53 Å². The first kappa shape index (κ1) is 16.0. The predicted molar refractivity (Wildman–Crippen MR) is 77.2 cm³/mol. The van der Waals surface area contributed by atoms with Gasteiger partial charge in [0.1, 0.15) is 0 Å². The lowest BCUT2D eigenvalue weighted by atomic mass is 10.0. The van der Waals surface area contributed by atoms with E-state index in [1.165, 1.54) is 0 Å². The van der Waals surface area contributed by atoms with Crippen molar-refractivity contribution in [3.8, 4) is 0 Å². The third-order valence-electron chi connectivity index (χ3n) is 4.47. The number of morpholine rings is 1. The summed E-state index contributed by atoms with van der Waals surface area (Å²) in [6.45, 7) is 6.10. The first-order valence-corrected chi connectivity index (χ1v) is 7.61. The molecular formula is C14H25N3O4. The van der Waals surface area contributed by atoms with E-state index in [4.69, 9.17) is 9.84 Å². The Kier molecular flexibility index (Phi) is 5.41. The summed E-state index contributed by atoms with van der Waals surface area (Å²) in [5.41, 5.74) is 0. The average molecular weight is 299 g/mol. The zero-order valence-electron chi connectivity index (χ0n) is 12.8. The Bertz CT molecular complexity index is 382. The van der Waals surface area contributed by atoms with Gasteiger partial charge in [-0.15, -0.1) is 0 Å². The first-order chi connectivity index (χ1) is 10.0. The van der Waals surface area contributed by atoms with Crippen molar-refractivity contribution < 1.29 is 19.4 Å². The number of nitrogens with zero attached hydrogens (tertiary/aromatic N) is 3. The van der Waals surface area contributed by atoms with E-state index in [1.54, 1.807) is 9.80 Å². The largest absolute Gasteiger partial charge is 0.479 e. The van der Waals surface area contributed by atoms with Crippen LogP contribution < -0.4 is 0 Å². The summed E-state index contributed by atoms with van der Waals surface area (Å²) in [6, 6.07) is 0.158. The summed E-state index contributed by atoms with van der Waals surface area (Å²) >= 11 is 0. The average Bonchev–Trinajstić information content (AvgIpc) is 2.53. The molecule has 7 nitrogen and oxygen atoms in total. The fourth-order valence-corrected chi connectivity index (χ4v) is 2.97. The van der Waals surface area contributed by atoms with Crippen LogP contribution in [-0.4, -0.2) is 90.3 Å². The van der Waals surface area contributed by atoms with Crippen molar-refractivity contribution in [2.24, 2.45) is 0 Å². The molecule has 21 heavy (non-hydrogen) atoms. The maximum atomic E-state index is 12.5. The molecule has 2 heterocycles. The number of rotatable bonds is 3. The van der Waals surface area contributed by atoms with Gasteiger partial charge in [-0.05, 0) is 19.4 Å². The highest BCUT2D eigenvalue weighted by atomic mass is 16.5. The number of carbonyl (C=O) groups is 2. The molecule has 7 heteroatoms. The lowest BCUT2D eigenvalue weighted by molar-refractivity contribution is -0.154. The molecule has 2 rings (SSSR count). The van der Waals surface area contributed by atoms with Crippen LogP contribution >= 0.6 is 0 Å². The molecule has 0 radical (unpaired) electrons. The van der Waals surface area contributed by atoms with Gasteiger partial charge >= 0.3 is 12.0 Å². The smallest absolute Gasteiger partial charge is 0.334 e. The number of ether oxygens (including phenoxy) is 1. The molecule has 2 amide bonds. The minimum absolute atomic E-state index is 0.0838. The zero-order chi connectivity index (χ0) is 15.4. The molecule has 0 aliphatic carbocycles. The SMILES string of the molecule is CCN1CCC(N(C)C(=O)N2CCOC(C(=O)O)C2)CC1. The molecule has 0 spiro atoms. The van der Waals surface area contributed by atoms with E-state index in [-0.39, 0.29) is 25.2 Å². The fraction of sp³-hybridized carbons (Fsp3) is 0.857. The van der Waals surface area contributed by atoms with Gasteiger partial charge in [0.25, 0.3) is 0 Å². The molecule has 2 aliphatic heterocycles. The van der Waals surface area contributed by atoms with Gasteiger partial charge in [-0.1, -0.05) is 6.92 Å². The number of piperidine rings is 1. The molecule has 120 valence electrons. The lowest BCUT2D eigenvalue weighted by Crippen LogP contribution is -2.55. The van der Waals surface area contributed by atoms with Gasteiger partial charge in [0.2, 0.25) is 0 Å². The Balaban J connectivity index is 1.88. The number of hydrogen-bond donors (Lipinski definition) is 1. The molecule has 1 N–H and O–H groups in total. The Morgan fingerprint density at radius 3 is 2.52 bits per heavy atom. The second-order valence-electron chi connectivity index (χ2n) is 5.70. The first-order valence-electron chi connectivity index (χ1n) is 7.61. The number of amides is 2. The van der Waals surface area contributed by atoms with Crippen molar-refractivity contribution in [2.45, 2.75) is 31.9 Å². The molecule has 0 bridgehead atoms. The van der Waals surface area contributed by atoms with Crippen molar-refractivity contribution in [3.05, 3.63) is 0 Å². The lowest BCUT2D eigenvalue weighted by Gasteiger charge is -2.40. The molecule has 0 aromatic carbocycles. The quantitative estimate of drug-likeness (QED) is 0.812. The van der Waals surface area contributed by atoms with Gasteiger partial charge in [0.15, 0.2) is 6.10 Å². The molecule has 1 atom stereocenters. The highest BCUT2D eigenvalue weighted by Gasteiger charge is 2.33. The van der Waals surface area contributed by atoms with Crippen LogP contribution in [0, 0.1) is 0 Å². The summed E-state index contributed by atoms with van der Waals surface area (Å²) in [6.07, 6.45) is 1.05. The molecule has 0 aromatic heterocycles. The van der Waals surface area contributed by atoms with E-state index in [2.05, 4.69) is 11.8 Å². The molecule has 2 saturated heterocycles. The van der Waals surface area contributed by atoms with Crippen LogP contribution in [0.2, 0.25) is 0 Å². The van der Waals surface area contributed by atoms with Crippen molar-refractivity contribution in [3.63, 3.8) is 0 Å². The van der Waals surface area contributed by atoms with Crippen LogP contribution in [0.15, 0.2) is 0 Å². The third-order valence-corrected chi connectivity index (χ3v) is 4.47. The summed E-state index contributed by atoms with van der Waals surface area (Å²) in [4.78, 5) is 29.2. The maximum Gasteiger partial charge on any atom is 0.334 e. The summed E-state index contributed by atoms with van der Waals surface area (Å²) in [5.74, 6) is -1.01. The Morgan fingerprint density at radius 2 is 1.95 bits per heavy atom. The second kappa shape index (κ2) is 7.09. The Labute approximate surface area is 125 Å². The predicted octanol–water partition coefficient (Wildman–Crippen LogP) is 0.308. The van der Waals surface area contributed by atoms with Crippen LogP contribution in [0.25, 0.3) is 0 Å². The number of hydrogen-bond acceptors (Lipinski definition) is 4. The van der Waals surface area contributed by atoms with E-state index < -0.39 is 12.1 Å². The van der Waals surface area contributed by atoms with E-state index in [1.807, 2.05) is 7.05 Å². The van der Waals surface area contributed by atoms with E-state index >= 15 is 0 Å². The number of carbonyl (C=O) groups excluding carboxylic acids is 1. The third kappa shape index (κ3) is 3.85. The van der Waals surface area contributed by atoms with E-state index in [0.29, 0.717) is 6.54 Å². The zero-order valence-corrected chi connectivity index (χ0v) is 12.8. The van der Waals surface area contributed by atoms with Gasteiger partial charge in [0, 0.05) is 32.7 Å². The molecule has 1 unspecified atom stereocenters. The number of likely N-dealkylation sites (tertiary alicyclic amines) is 1. The second-order valence-corrected chi connectivity index (χ2v) is 5.70. The molecule has 2 fully saturated rings. The van der Waals surface area contributed by atoms with E-state index in [9.17, 15) is 9.59 Å². The van der Waals surface area contributed by atoms with Crippen molar-refractivity contribution in [1.29, 1.82) is 0 Å². The van der Waals surface area contributed by atoms with Crippen molar-refractivity contribution in [1.82, 2.24) is 14.7 Å². The highest BCUT2D eigenvalue weighted by Crippen LogP contribution is 2.17. The Morgan fingerprint density at radius 1 is 1.29 bits per heavy atom. The van der Waals surface area contributed by atoms with Gasteiger partial charge < -0.3 is 24.5 Å². The van der Waals surface area contributed by atoms with Gasteiger partial charge in [-0.25, -0.2) is 9.59 Å². The molecule has 2 aliphatic rings. The van der Waals surface area contributed by atoms with Gasteiger partial charge in [0.05, 0.1) is 13.2 Å². The van der Waals surface area contributed by atoms with Crippen molar-refractivity contribution >= 4 is 12.0 Å². The monoisotopic (exact) mass is 299 g/mol. The van der Waals surface area contributed by atoms with Crippen LogP contribution in [0.4, 0.5) is 4.79 Å². The van der Waals surface area contributed by atoms with Crippen LogP contribution in [0.1, 0.15) is 19.8 Å². The summed E-state index contributed by atoms with van der Waals surface area (Å²) in [7, 11) is 1.82. The fourth-order valence-electron chi connectivity index (χ4n) is 2.97. The number of carboxylic acid groups (broad SMARTS) is 1. The Hall–Kier alpha value is -1.34. The highest BCUT2D eigenvalue weighted by molar-refractivity contribution is 5.77. The number of aliphatic carboxylic acids is 1. The van der Waals surface area contributed by atoms with Crippen molar-refractivity contribution in [2.75, 3.05) is 46.4 Å². The van der Waals surface area contributed by atoms with Gasteiger partial charge in [-0.3, -0.25) is 0 Å². The van der Waals surface area contributed by atoms with Crippen LogP contribution in [0.3, 0.4) is 0 Å². The number of urea groups is 1. The summed E-state index contributed by atoms with van der Waals surface area (Å²) < 4.78 is 5.16. The van der Waals surface area contributed by atoms with E-state index in [0.717, 1.165) is 32.5 Å². The summed E-state index contributed by atoms with van der Waals surface area (Å²) in [5, 5.41) is 9.00. The number of carboxylic acids is 1. The minimum atomic E-state index is -1.01. The molecular weight excluding hydrogens is 274 g/mol. The van der Waals surface area contributed by atoms with Gasteiger partial charge in [-0.2, -0.15) is 0 Å². The molecule has 0 saturated carbocycles. The van der Waals surface area contributed by atoms with Crippen LogP contribution in [0.5, 0.6) is 0 Å². The minimum Gasteiger partial charge on any atom is -0.479 e. The normalized spacial score (nSPS) is 24.9. The molecule has 0 aromatic rings.